The Hall–Kier alpha value is -3.34. The van der Waals surface area contributed by atoms with Crippen molar-refractivity contribution in [3.05, 3.63) is 34.9 Å². The average Bonchev–Trinajstić information content (AvgIpc) is 3.14. The average molecular weight is 479 g/mol. The molecule has 1 unspecified atom stereocenters. The fourth-order valence-corrected chi connectivity index (χ4v) is 5.30. The van der Waals surface area contributed by atoms with E-state index in [1.54, 1.807) is 11.0 Å². The van der Waals surface area contributed by atoms with Crippen LogP contribution >= 0.6 is 0 Å². The largest absolute Gasteiger partial charge is 0.325 e. The quantitative estimate of drug-likeness (QED) is 0.534. The molecule has 0 radical (unpaired) electrons. The number of likely N-dealkylation sites (tertiary alicyclic amines) is 1. The Bertz CT molecular complexity index is 1080. The molecule has 2 saturated heterocycles. The van der Waals surface area contributed by atoms with Crippen LogP contribution in [-0.4, -0.2) is 69.7 Å². The van der Waals surface area contributed by atoms with Crippen LogP contribution in [0.5, 0.6) is 0 Å². The van der Waals surface area contributed by atoms with Crippen LogP contribution in [0.1, 0.15) is 74.9 Å². The Labute approximate surface area is 207 Å². The summed E-state index contributed by atoms with van der Waals surface area (Å²) in [5.41, 5.74) is 2.21. The minimum atomic E-state index is -0.633. The van der Waals surface area contributed by atoms with Gasteiger partial charge in [0.2, 0.25) is 11.8 Å². The first-order valence-electron chi connectivity index (χ1n) is 12.5. The molecule has 1 atom stereocenters. The number of hydrogen-bond donors (Lipinski definition) is 1. The maximum absolute atomic E-state index is 13.0. The molecule has 186 valence electrons. The third kappa shape index (κ3) is 5.04. The Morgan fingerprint density at radius 3 is 2.37 bits per heavy atom. The van der Waals surface area contributed by atoms with E-state index >= 15 is 0 Å². The van der Waals surface area contributed by atoms with Gasteiger partial charge in [-0.05, 0) is 64.7 Å². The van der Waals surface area contributed by atoms with E-state index in [-0.39, 0.29) is 42.3 Å². The van der Waals surface area contributed by atoms with Gasteiger partial charge in [0.25, 0.3) is 5.91 Å². The summed E-state index contributed by atoms with van der Waals surface area (Å²) in [6.45, 7) is 9.85. The van der Waals surface area contributed by atoms with Gasteiger partial charge >= 0.3 is 6.03 Å². The SMILES string of the molecule is CC(C)N(C(=O)N1CCC(C#Cc2cccc3c2CN(C2CCC(=O)NC2=O)C3=O)CC1)C(C)C. The van der Waals surface area contributed by atoms with Crippen molar-refractivity contribution in [2.45, 2.75) is 78.0 Å². The maximum Gasteiger partial charge on any atom is 0.320 e. The summed E-state index contributed by atoms with van der Waals surface area (Å²) < 4.78 is 0. The van der Waals surface area contributed by atoms with Crippen LogP contribution in [-0.2, 0) is 16.1 Å². The Morgan fingerprint density at radius 2 is 1.74 bits per heavy atom. The Kier molecular flexibility index (Phi) is 7.15. The molecule has 3 aliphatic heterocycles. The molecule has 3 heterocycles. The molecule has 35 heavy (non-hydrogen) atoms. The van der Waals surface area contributed by atoms with E-state index < -0.39 is 11.9 Å². The lowest BCUT2D eigenvalue weighted by Crippen LogP contribution is -2.52. The minimum Gasteiger partial charge on any atom is -0.325 e. The zero-order valence-electron chi connectivity index (χ0n) is 21.0. The van der Waals surface area contributed by atoms with Gasteiger partial charge in [-0.1, -0.05) is 17.9 Å². The van der Waals surface area contributed by atoms with E-state index in [1.807, 2.05) is 49.6 Å². The number of amides is 5. The first-order valence-corrected chi connectivity index (χ1v) is 12.5. The van der Waals surface area contributed by atoms with Gasteiger partial charge in [0.1, 0.15) is 6.04 Å². The summed E-state index contributed by atoms with van der Waals surface area (Å²) in [5.74, 6) is 5.94. The second-order valence-corrected chi connectivity index (χ2v) is 10.1. The lowest BCUT2D eigenvalue weighted by molar-refractivity contribution is -0.136. The normalized spacial score (nSPS) is 20.6. The first kappa shape index (κ1) is 24.8. The van der Waals surface area contributed by atoms with Crippen molar-refractivity contribution in [2.75, 3.05) is 13.1 Å². The number of urea groups is 1. The van der Waals surface area contributed by atoms with Crippen LogP contribution in [0.25, 0.3) is 0 Å². The standard InChI is InChI=1S/C27H34N4O4/c1-17(2)31(18(3)4)27(35)29-14-12-19(13-15-29)8-9-20-6-5-7-21-22(20)16-30(26(21)34)23-10-11-24(32)28-25(23)33/h5-7,17-19,23H,10-16H2,1-4H3,(H,28,32,33). The molecule has 1 N–H and O–H groups in total. The molecular formula is C27H34N4O4. The van der Waals surface area contributed by atoms with Gasteiger partial charge in [0.15, 0.2) is 0 Å². The molecule has 0 spiro atoms. The smallest absolute Gasteiger partial charge is 0.320 e. The molecule has 0 saturated carbocycles. The van der Waals surface area contributed by atoms with E-state index in [4.69, 9.17) is 0 Å². The van der Waals surface area contributed by atoms with Gasteiger partial charge in [-0.2, -0.15) is 0 Å². The summed E-state index contributed by atoms with van der Waals surface area (Å²) >= 11 is 0. The van der Waals surface area contributed by atoms with Gasteiger partial charge in [-0.25, -0.2) is 4.79 Å². The third-order valence-electron chi connectivity index (χ3n) is 7.09. The van der Waals surface area contributed by atoms with Crippen LogP contribution in [0, 0.1) is 17.8 Å². The summed E-state index contributed by atoms with van der Waals surface area (Å²) in [6.07, 6.45) is 2.21. The lowest BCUT2D eigenvalue weighted by atomic mass is 9.96. The predicted molar refractivity (Wildman–Crippen MR) is 131 cm³/mol. The highest BCUT2D eigenvalue weighted by atomic mass is 16.2. The summed E-state index contributed by atoms with van der Waals surface area (Å²) in [4.78, 5) is 55.2. The van der Waals surface area contributed by atoms with E-state index in [9.17, 15) is 19.2 Å². The zero-order chi connectivity index (χ0) is 25.3. The van der Waals surface area contributed by atoms with Crippen LogP contribution in [0.15, 0.2) is 18.2 Å². The van der Waals surface area contributed by atoms with Crippen molar-refractivity contribution in [2.24, 2.45) is 5.92 Å². The number of benzene rings is 1. The number of nitrogens with zero attached hydrogens (tertiary/aromatic N) is 3. The monoisotopic (exact) mass is 478 g/mol. The van der Waals surface area contributed by atoms with Crippen LogP contribution in [0.4, 0.5) is 4.79 Å². The molecule has 1 aromatic carbocycles. The summed E-state index contributed by atoms with van der Waals surface area (Å²) in [6, 6.07) is 5.27. The lowest BCUT2D eigenvalue weighted by Gasteiger charge is -2.38. The second-order valence-electron chi connectivity index (χ2n) is 10.1. The Morgan fingerprint density at radius 1 is 1.06 bits per heavy atom. The highest BCUT2D eigenvalue weighted by molar-refractivity contribution is 6.05. The van der Waals surface area contributed by atoms with Gasteiger partial charge < -0.3 is 14.7 Å². The predicted octanol–water partition coefficient (Wildman–Crippen LogP) is 2.75. The molecule has 0 aromatic heterocycles. The number of nitrogens with one attached hydrogen (secondary N) is 1. The number of imide groups is 1. The van der Waals surface area contributed by atoms with Crippen LogP contribution in [0.3, 0.4) is 0 Å². The van der Waals surface area contributed by atoms with E-state index in [0.717, 1.165) is 24.0 Å². The van der Waals surface area contributed by atoms with E-state index in [1.165, 1.54) is 0 Å². The van der Waals surface area contributed by atoms with Gasteiger partial charge in [-0.3, -0.25) is 19.7 Å². The van der Waals surface area contributed by atoms with Crippen molar-refractivity contribution in [3.8, 4) is 11.8 Å². The first-order chi connectivity index (χ1) is 16.7. The van der Waals surface area contributed by atoms with Gasteiger partial charge in [-0.15, -0.1) is 0 Å². The molecule has 4 rings (SSSR count). The van der Waals surface area contributed by atoms with E-state index in [0.29, 0.717) is 31.6 Å². The van der Waals surface area contributed by atoms with Crippen molar-refractivity contribution >= 4 is 23.8 Å². The Balaban J connectivity index is 1.42. The van der Waals surface area contributed by atoms with Crippen LogP contribution in [0.2, 0.25) is 0 Å². The molecule has 0 bridgehead atoms. The fourth-order valence-electron chi connectivity index (χ4n) is 5.30. The van der Waals surface area contributed by atoms with Gasteiger partial charge in [0, 0.05) is 55.2 Å². The number of rotatable bonds is 3. The number of fused-ring (bicyclic) bond motifs is 1. The number of carbonyl (C=O) groups excluding carboxylic acids is 4. The third-order valence-corrected chi connectivity index (χ3v) is 7.09. The molecule has 3 aliphatic rings. The molecule has 0 aliphatic carbocycles. The summed E-state index contributed by atoms with van der Waals surface area (Å²) in [7, 11) is 0. The fraction of sp³-hybridized carbons (Fsp3) is 0.556. The number of hydrogen-bond acceptors (Lipinski definition) is 4. The molecular weight excluding hydrogens is 444 g/mol. The van der Waals surface area contributed by atoms with E-state index in [2.05, 4.69) is 17.2 Å². The molecule has 8 nitrogen and oxygen atoms in total. The van der Waals surface area contributed by atoms with Crippen molar-refractivity contribution in [1.82, 2.24) is 20.0 Å². The summed E-state index contributed by atoms with van der Waals surface area (Å²) in [5, 5.41) is 2.34. The highest BCUT2D eigenvalue weighted by Crippen LogP contribution is 2.30. The maximum atomic E-state index is 13.0. The molecule has 8 heteroatoms. The van der Waals surface area contributed by atoms with Crippen LogP contribution < -0.4 is 5.32 Å². The van der Waals surface area contributed by atoms with Gasteiger partial charge in [0.05, 0.1) is 0 Å². The number of carbonyl (C=O) groups is 4. The minimum absolute atomic E-state index is 0.0920. The second kappa shape index (κ2) is 10.1. The molecule has 1 aromatic rings. The highest BCUT2D eigenvalue weighted by Gasteiger charge is 2.39. The number of piperidine rings is 2. The zero-order valence-corrected chi connectivity index (χ0v) is 21.0. The molecule has 5 amide bonds. The van der Waals surface area contributed by atoms with Crippen molar-refractivity contribution < 1.29 is 19.2 Å². The topological polar surface area (TPSA) is 90.0 Å². The van der Waals surface area contributed by atoms with Crippen molar-refractivity contribution in [1.29, 1.82) is 0 Å². The van der Waals surface area contributed by atoms with Crippen molar-refractivity contribution in [3.63, 3.8) is 0 Å². The molecule has 2 fully saturated rings.